The summed E-state index contributed by atoms with van der Waals surface area (Å²) in [7, 11) is 2.68. The average Bonchev–Trinajstić information content (AvgIpc) is 3.06. The van der Waals surface area contributed by atoms with Gasteiger partial charge in [-0.25, -0.2) is 4.79 Å². The number of nitrogens with one attached hydrogen (secondary N) is 1. The van der Waals surface area contributed by atoms with Crippen LogP contribution in [0.5, 0.6) is 11.5 Å². The van der Waals surface area contributed by atoms with E-state index < -0.39 is 5.97 Å². The van der Waals surface area contributed by atoms with Crippen molar-refractivity contribution in [2.45, 2.75) is 71.4 Å². The van der Waals surface area contributed by atoms with Crippen molar-refractivity contribution in [1.29, 1.82) is 0 Å². The van der Waals surface area contributed by atoms with Gasteiger partial charge in [-0.2, -0.15) is 0 Å². The Hall–Kier alpha value is -4.33. The molecule has 8 heteroatoms. The predicted octanol–water partition coefficient (Wildman–Crippen LogP) is 6.72. The van der Waals surface area contributed by atoms with Crippen LogP contribution in [0.1, 0.15) is 83.4 Å². The van der Waals surface area contributed by atoms with Gasteiger partial charge in [-0.15, -0.1) is 0 Å². The molecule has 2 atom stereocenters. The first-order valence-corrected chi connectivity index (χ1v) is 15.8. The minimum absolute atomic E-state index is 0.174. The lowest BCUT2D eigenvalue weighted by molar-refractivity contribution is -0.146. The van der Waals surface area contributed by atoms with Crippen LogP contribution in [0.4, 0.5) is 0 Å². The minimum atomic E-state index is -0.536. The number of amides is 1. The normalized spacial score (nSPS) is 16.1. The lowest BCUT2D eigenvalue weighted by Gasteiger charge is -2.28. The van der Waals surface area contributed by atoms with Crippen LogP contribution in [-0.2, 0) is 33.7 Å². The van der Waals surface area contributed by atoms with Crippen LogP contribution in [0.2, 0.25) is 0 Å². The summed E-state index contributed by atoms with van der Waals surface area (Å²) in [6, 6.07) is 21.2. The van der Waals surface area contributed by atoms with Gasteiger partial charge in [0.05, 0.1) is 37.9 Å². The molecular weight excluding hydrogens is 570 g/mol. The molecule has 1 saturated carbocycles. The zero-order chi connectivity index (χ0) is 32.2. The number of hydrogen-bond acceptors (Lipinski definition) is 7. The van der Waals surface area contributed by atoms with Gasteiger partial charge in [-0.1, -0.05) is 56.7 Å². The molecule has 240 valence electrons. The number of rotatable bonds is 14. The van der Waals surface area contributed by atoms with Gasteiger partial charge in [0.1, 0.15) is 18.1 Å². The van der Waals surface area contributed by atoms with E-state index in [9.17, 15) is 14.4 Å². The van der Waals surface area contributed by atoms with Crippen LogP contribution in [-0.4, -0.2) is 44.7 Å². The van der Waals surface area contributed by atoms with Crippen molar-refractivity contribution in [2.75, 3.05) is 20.8 Å². The van der Waals surface area contributed by atoms with E-state index in [-0.39, 0.29) is 35.0 Å². The van der Waals surface area contributed by atoms with E-state index in [2.05, 4.69) is 55.6 Å². The monoisotopic (exact) mass is 615 g/mol. The van der Waals surface area contributed by atoms with E-state index in [1.54, 1.807) is 12.1 Å². The molecule has 0 spiro atoms. The molecule has 0 aliphatic heterocycles. The Balaban J connectivity index is 1.29. The lowest BCUT2D eigenvalue weighted by atomic mass is 9.85. The Bertz CT molecular complexity index is 1420. The van der Waals surface area contributed by atoms with Gasteiger partial charge in [0.15, 0.2) is 0 Å². The van der Waals surface area contributed by atoms with Gasteiger partial charge in [0, 0.05) is 6.04 Å². The Morgan fingerprint density at radius 3 is 2.24 bits per heavy atom. The first-order valence-electron chi connectivity index (χ1n) is 15.8. The standard InChI is InChI=1S/C37H45NO7/c1-25(2)21-27-10-12-28(13-11-27)24-45-32-17-14-26(15-18-32)7-6-20-44-34-19-16-30(37(41)43-4)23-33(34)35(39)38-31-9-5-8-29(22-31)36(40)42-3/h10-19,23,25,29,31H,5-9,20-22,24H2,1-4H3,(H,38,39). The van der Waals surface area contributed by atoms with Crippen molar-refractivity contribution < 1.29 is 33.3 Å². The summed E-state index contributed by atoms with van der Waals surface area (Å²) >= 11 is 0. The van der Waals surface area contributed by atoms with E-state index >= 15 is 0 Å². The van der Waals surface area contributed by atoms with Crippen LogP contribution in [0.15, 0.2) is 66.7 Å². The molecule has 1 fully saturated rings. The fraction of sp³-hybridized carbons (Fsp3) is 0.432. The van der Waals surface area contributed by atoms with Gasteiger partial charge in [0.25, 0.3) is 5.91 Å². The van der Waals surface area contributed by atoms with Crippen molar-refractivity contribution in [1.82, 2.24) is 5.32 Å². The Morgan fingerprint density at radius 2 is 1.56 bits per heavy atom. The third kappa shape index (κ3) is 10.1. The minimum Gasteiger partial charge on any atom is -0.493 e. The lowest BCUT2D eigenvalue weighted by Crippen LogP contribution is -2.40. The van der Waals surface area contributed by atoms with Crippen molar-refractivity contribution >= 4 is 17.8 Å². The highest BCUT2D eigenvalue weighted by molar-refractivity contribution is 6.00. The molecule has 0 radical (unpaired) electrons. The molecule has 1 aliphatic carbocycles. The predicted molar refractivity (Wildman–Crippen MR) is 173 cm³/mol. The number of carbonyl (C=O) groups excluding carboxylic acids is 3. The fourth-order valence-corrected chi connectivity index (χ4v) is 5.66. The first kappa shape index (κ1) is 33.6. The summed E-state index contributed by atoms with van der Waals surface area (Å²) in [4.78, 5) is 37.6. The molecule has 3 aromatic carbocycles. The summed E-state index contributed by atoms with van der Waals surface area (Å²) in [6.07, 6.45) is 5.43. The van der Waals surface area contributed by atoms with Crippen LogP contribution < -0.4 is 14.8 Å². The topological polar surface area (TPSA) is 100 Å². The zero-order valence-corrected chi connectivity index (χ0v) is 26.8. The average molecular weight is 616 g/mol. The molecular formula is C37H45NO7. The molecule has 0 bridgehead atoms. The third-order valence-electron chi connectivity index (χ3n) is 8.05. The summed E-state index contributed by atoms with van der Waals surface area (Å²) in [5.41, 5.74) is 4.15. The maximum Gasteiger partial charge on any atom is 0.337 e. The quantitative estimate of drug-likeness (QED) is 0.159. The van der Waals surface area contributed by atoms with Crippen LogP contribution in [0, 0.1) is 11.8 Å². The number of carbonyl (C=O) groups is 3. The highest BCUT2D eigenvalue weighted by Gasteiger charge is 2.29. The number of methoxy groups -OCH3 is 2. The number of aryl methyl sites for hydroxylation is 1. The highest BCUT2D eigenvalue weighted by atomic mass is 16.5. The Labute approximate surface area is 266 Å². The van der Waals surface area contributed by atoms with Gasteiger partial charge >= 0.3 is 11.9 Å². The van der Waals surface area contributed by atoms with Crippen molar-refractivity contribution in [2.24, 2.45) is 11.8 Å². The molecule has 0 heterocycles. The molecule has 1 aliphatic rings. The van der Waals surface area contributed by atoms with E-state index in [0.717, 1.165) is 55.4 Å². The van der Waals surface area contributed by atoms with Crippen LogP contribution in [0.3, 0.4) is 0 Å². The molecule has 1 N–H and O–H groups in total. The Morgan fingerprint density at radius 1 is 0.844 bits per heavy atom. The highest BCUT2D eigenvalue weighted by Crippen LogP contribution is 2.27. The maximum absolute atomic E-state index is 13.4. The number of esters is 2. The molecule has 3 aromatic rings. The molecule has 0 aromatic heterocycles. The number of benzene rings is 3. The summed E-state index contributed by atoms with van der Waals surface area (Å²) in [5, 5.41) is 3.03. The van der Waals surface area contributed by atoms with E-state index in [0.29, 0.717) is 31.3 Å². The van der Waals surface area contributed by atoms with Gasteiger partial charge in [0.2, 0.25) is 0 Å². The van der Waals surface area contributed by atoms with Gasteiger partial charge in [-0.05, 0) is 91.5 Å². The number of hydrogen-bond donors (Lipinski definition) is 1. The summed E-state index contributed by atoms with van der Waals surface area (Å²) in [5.74, 6) is 0.463. The SMILES string of the molecule is COC(=O)c1ccc(OCCCc2ccc(OCc3ccc(CC(C)C)cc3)cc2)c(C(=O)NC2CCCC(C(=O)OC)C2)c1. The van der Waals surface area contributed by atoms with Crippen LogP contribution in [0.25, 0.3) is 0 Å². The van der Waals surface area contributed by atoms with Gasteiger partial charge in [-0.3, -0.25) is 9.59 Å². The largest absolute Gasteiger partial charge is 0.493 e. The van der Waals surface area contributed by atoms with E-state index in [1.165, 1.54) is 25.8 Å². The maximum atomic E-state index is 13.4. The fourth-order valence-electron chi connectivity index (χ4n) is 5.66. The second kappa shape index (κ2) is 16.7. The second-order valence-corrected chi connectivity index (χ2v) is 12.1. The summed E-state index contributed by atoms with van der Waals surface area (Å²) < 4.78 is 21.8. The molecule has 8 nitrogen and oxygen atoms in total. The van der Waals surface area contributed by atoms with E-state index in [4.69, 9.17) is 18.9 Å². The molecule has 45 heavy (non-hydrogen) atoms. The third-order valence-corrected chi connectivity index (χ3v) is 8.05. The molecule has 4 rings (SSSR count). The Kier molecular flexibility index (Phi) is 12.4. The zero-order valence-electron chi connectivity index (χ0n) is 26.8. The van der Waals surface area contributed by atoms with Gasteiger partial charge < -0.3 is 24.3 Å². The van der Waals surface area contributed by atoms with Crippen molar-refractivity contribution in [3.05, 3.63) is 94.5 Å². The molecule has 0 saturated heterocycles. The number of ether oxygens (including phenoxy) is 4. The second-order valence-electron chi connectivity index (χ2n) is 12.1. The van der Waals surface area contributed by atoms with Crippen LogP contribution >= 0.6 is 0 Å². The molecule has 2 unspecified atom stereocenters. The summed E-state index contributed by atoms with van der Waals surface area (Å²) in [6.45, 7) is 5.35. The van der Waals surface area contributed by atoms with E-state index in [1.807, 2.05) is 12.1 Å². The van der Waals surface area contributed by atoms with Crippen molar-refractivity contribution in [3.63, 3.8) is 0 Å². The van der Waals surface area contributed by atoms with Crippen molar-refractivity contribution in [3.8, 4) is 11.5 Å². The smallest absolute Gasteiger partial charge is 0.337 e. The molecule has 1 amide bonds. The first-order chi connectivity index (χ1) is 21.7.